The van der Waals surface area contributed by atoms with Crippen LogP contribution in [0.4, 0.5) is 0 Å². The number of hydrogen-bond acceptors (Lipinski definition) is 3. The number of nitriles is 1. The van der Waals surface area contributed by atoms with Gasteiger partial charge < -0.3 is 10.4 Å². The molecule has 13 heavy (non-hydrogen) atoms. The van der Waals surface area contributed by atoms with Crippen molar-refractivity contribution >= 4 is 0 Å². The molecule has 3 atom stereocenters. The summed E-state index contributed by atoms with van der Waals surface area (Å²) in [4.78, 5) is 0. The molecule has 0 saturated heterocycles. The molecule has 0 aromatic rings. The smallest absolute Gasteiger partial charge is 0.122 e. The lowest BCUT2D eigenvalue weighted by atomic mass is 9.95. The van der Waals surface area contributed by atoms with Gasteiger partial charge in [0, 0.05) is 0 Å². The number of aliphatic hydroxyl groups is 1. The Balaban J connectivity index is 4.07. The van der Waals surface area contributed by atoms with Crippen molar-refractivity contribution in [1.29, 1.82) is 5.26 Å². The van der Waals surface area contributed by atoms with Crippen LogP contribution < -0.4 is 5.32 Å². The molecule has 0 radical (unpaired) electrons. The maximum atomic E-state index is 9.69. The highest BCUT2D eigenvalue weighted by atomic mass is 16.3. The van der Waals surface area contributed by atoms with Gasteiger partial charge in [0.2, 0.25) is 0 Å². The molecule has 0 aliphatic rings. The van der Waals surface area contributed by atoms with Crippen molar-refractivity contribution in [3.05, 3.63) is 12.2 Å². The quantitative estimate of drug-likeness (QED) is 0.625. The summed E-state index contributed by atoms with van der Waals surface area (Å²) in [6.07, 6.45) is 4.14. The van der Waals surface area contributed by atoms with Gasteiger partial charge in [0.15, 0.2) is 0 Å². The van der Waals surface area contributed by atoms with Crippen molar-refractivity contribution in [2.45, 2.75) is 32.4 Å². The van der Waals surface area contributed by atoms with Crippen LogP contribution >= 0.6 is 0 Å². The highest BCUT2D eigenvalue weighted by Gasteiger charge is 2.21. The van der Waals surface area contributed by atoms with Crippen molar-refractivity contribution in [3.8, 4) is 6.07 Å². The Morgan fingerprint density at radius 2 is 2.23 bits per heavy atom. The van der Waals surface area contributed by atoms with Gasteiger partial charge >= 0.3 is 0 Å². The molecule has 74 valence electrons. The predicted octanol–water partition coefficient (Wildman–Crippen LogP) is 1.06. The Kier molecular flexibility index (Phi) is 6.21. The molecule has 0 rings (SSSR count). The molecule has 0 aromatic carbocycles. The molecule has 0 fully saturated rings. The molecule has 0 heterocycles. The Bertz CT molecular complexity index is 196. The molecule has 0 amide bonds. The van der Waals surface area contributed by atoms with Crippen LogP contribution in [0, 0.1) is 17.2 Å². The summed E-state index contributed by atoms with van der Waals surface area (Å²) < 4.78 is 0. The second-order valence-electron chi connectivity index (χ2n) is 3.17. The number of allylic oxidation sites excluding steroid dienone is 2. The number of hydrogen-bond donors (Lipinski definition) is 2. The standard InChI is InChI=1S/C10H18N2O/c1-4-5-6-8(2)10(13)9(7-11)12-3/h4-5,8-10,12-13H,6H2,1-3H3. The van der Waals surface area contributed by atoms with E-state index in [4.69, 9.17) is 5.26 Å². The third-order valence-electron chi connectivity index (χ3n) is 2.12. The second-order valence-corrected chi connectivity index (χ2v) is 3.17. The molecule has 0 aromatic heterocycles. The summed E-state index contributed by atoms with van der Waals surface area (Å²) in [6, 6.07) is 1.55. The SMILES string of the molecule is CC=CCC(C)C(O)C(C#N)NC. The summed E-state index contributed by atoms with van der Waals surface area (Å²) in [7, 11) is 1.68. The van der Waals surface area contributed by atoms with E-state index >= 15 is 0 Å². The van der Waals surface area contributed by atoms with Crippen molar-refractivity contribution in [2.75, 3.05) is 7.05 Å². The van der Waals surface area contributed by atoms with Crippen molar-refractivity contribution in [1.82, 2.24) is 5.32 Å². The van der Waals surface area contributed by atoms with Gasteiger partial charge in [-0.3, -0.25) is 0 Å². The first-order valence-corrected chi connectivity index (χ1v) is 4.53. The maximum Gasteiger partial charge on any atom is 0.122 e. The Labute approximate surface area is 80.1 Å². The monoisotopic (exact) mass is 182 g/mol. The number of aliphatic hydroxyl groups excluding tert-OH is 1. The fourth-order valence-corrected chi connectivity index (χ4v) is 1.13. The average molecular weight is 182 g/mol. The molecule has 0 aliphatic heterocycles. The molecule has 2 N–H and O–H groups in total. The maximum absolute atomic E-state index is 9.69. The van der Waals surface area contributed by atoms with Gasteiger partial charge in [0.05, 0.1) is 12.2 Å². The Hall–Kier alpha value is -0.850. The zero-order valence-corrected chi connectivity index (χ0v) is 8.49. The van der Waals surface area contributed by atoms with Crippen LogP contribution in [0.3, 0.4) is 0 Å². The van der Waals surface area contributed by atoms with Gasteiger partial charge in [-0.15, -0.1) is 0 Å². The fourth-order valence-electron chi connectivity index (χ4n) is 1.13. The van der Waals surface area contributed by atoms with Gasteiger partial charge in [-0.1, -0.05) is 19.1 Å². The first-order chi connectivity index (χ1) is 6.17. The molecule has 3 unspecified atom stereocenters. The summed E-state index contributed by atoms with van der Waals surface area (Å²) in [5.41, 5.74) is 0. The fraction of sp³-hybridized carbons (Fsp3) is 0.700. The van der Waals surface area contributed by atoms with Crippen molar-refractivity contribution in [2.24, 2.45) is 5.92 Å². The van der Waals surface area contributed by atoms with Gasteiger partial charge in [-0.05, 0) is 26.3 Å². The summed E-state index contributed by atoms with van der Waals surface area (Å²) in [5, 5.41) is 21.1. The van der Waals surface area contributed by atoms with Crippen LogP contribution in [0.1, 0.15) is 20.3 Å². The van der Waals surface area contributed by atoms with Crippen LogP contribution in [-0.4, -0.2) is 24.3 Å². The average Bonchev–Trinajstić information content (AvgIpc) is 2.15. The van der Waals surface area contributed by atoms with Gasteiger partial charge in [-0.25, -0.2) is 0 Å². The number of likely N-dealkylation sites (N-methyl/N-ethyl adjacent to an activating group) is 1. The third-order valence-corrected chi connectivity index (χ3v) is 2.12. The predicted molar refractivity (Wildman–Crippen MR) is 53.1 cm³/mol. The zero-order chi connectivity index (χ0) is 10.3. The van der Waals surface area contributed by atoms with E-state index in [1.165, 1.54) is 0 Å². The van der Waals surface area contributed by atoms with Crippen LogP contribution in [0.5, 0.6) is 0 Å². The van der Waals surface area contributed by atoms with Gasteiger partial charge in [0.1, 0.15) is 6.04 Å². The topological polar surface area (TPSA) is 56.0 Å². The van der Waals surface area contributed by atoms with Gasteiger partial charge in [0.25, 0.3) is 0 Å². The normalized spacial score (nSPS) is 18.1. The first kappa shape index (κ1) is 12.2. The van der Waals surface area contributed by atoms with E-state index in [1.54, 1.807) is 7.05 Å². The Morgan fingerprint density at radius 3 is 2.62 bits per heavy atom. The molecular weight excluding hydrogens is 164 g/mol. The lowest BCUT2D eigenvalue weighted by Gasteiger charge is -2.21. The molecule has 0 spiro atoms. The molecule has 0 bridgehead atoms. The van der Waals surface area contributed by atoms with E-state index < -0.39 is 12.1 Å². The van der Waals surface area contributed by atoms with E-state index in [2.05, 4.69) is 5.32 Å². The minimum Gasteiger partial charge on any atom is -0.390 e. The molecule has 3 heteroatoms. The highest BCUT2D eigenvalue weighted by molar-refractivity contribution is 4.97. The largest absolute Gasteiger partial charge is 0.390 e. The molecular formula is C10H18N2O. The number of nitrogens with zero attached hydrogens (tertiary/aromatic N) is 1. The second kappa shape index (κ2) is 6.64. The van der Waals surface area contributed by atoms with E-state index in [-0.39, 0.29) is 5.92 Å². The van der Waals surface area contributed by atoms with Crippen molar-refractivity contribution in [3.63, 3.8) is 0 Å². The van der Waals surface area contributed by atoms with E-state index in [9.17, 15) is 5.11 Å². The zero-order valence-electron chi connectivity index (χ0n) is 8.49. The Morgan fingerprint density at radius 1 is 1.62 bits per heavy atom. The van der Waals surface area contributed by atoms with Crippen molar-refractivity contribution < 1.29 is 5.11 Å². The van der Waals surface area contributed by atoms with Crippen LogP contribution in [-0.2, 0) is 0 Å². The lowest BCUT2D eigenvalue weighted by Crippen LogP contribution is -2.40. The van der Waals surface area contributed by atoms with E-state index in [1.807, 2.05) is 32.1 Å². The number of nitrogens with one attached hydrogen (secondary N) is 1. The molecule has 0 aliphatic carbocycles. The number of rotatable bonds is 5. The summed E-state index contributed by atoms with van der Waals surface area (Å²) in [6.45, 7) is 3.88. The minimum absolute atomic E-state index is 0.105. The van der Waals surface area contributed by atoms with E-state index in [0.717, 1.165) is 6.42 Å². The molecule has 3 nitrogen and oxygen atoms in total. The van der Waals surface area contributed by atoms with Crippen LogP contribution in [0.2, 0.25) is 0 Å². The first-order valence-electron chi connectivity index (χ1n) is 4.53. The van der Waals surface area contributed by atoms with Gasteiger partial charge in [-0.2, -0.15) is 5.26 Å². The molecule has 0 saturated carbocycles. The van der Waals surface area contributed by atoms with E-state index in [0.29, 0.717) is 0 Å². The summed E-state index contributed by atoms with van der Waals surface area (Å²) >= 11 is 0. The third kappa shape index (κ3) is 4.07. The lowest BCUT2D eigenvalue weighted by molar-refractivity contribution is 0.0977. The minimum atomic E-state index is -0.605. The van der Waals surface area contributed by atoms with Crippen LogP contribution in [0.15, 0.2) is 12.2 Å². The van der Waals surface area contributed by atoms with Crippen LogP contribution in [0.25, 0.3) is 0 Å². The highest BCUT2D eigenvalue weighted by Crippen LogP contribution is 2.11. The summed E-state index contributed by atoms with van der Waals surface area (Å²) in [5.74, 6) is 0.105.